The predicted molar refractivity (Wildman–Crippen MR) is 88.1 cm³/mol. The number of nitrogens with two attached hydrogens (primary N) is 1. The van der Waals surface area contributed by atoms with Crippen molar-refractivity contribution in [3.05, 3.63) is 28.2 Å². The Hall–Kier alpha value is -0.540. The molecule has 0 aliphatic heterocycles. The van der Waals surface area contributed by atoms with Crippen molar-refractivity contribution in [3.63, 3.8) is 0 Å². The summed E-state index contributed by atoms with van der Waals surface area (Å²) in [4.78, 5) is 0. The smallest absolute Gasteiger partial charge is 0.119 e. The number of methoxy groups -OCH3 is 1. The summed E-state index contributed by atoms with van der Waals surface area (Å²) < 4.78 is 6.51. The fourth-order valence-electron chi connectivity index (χ4n) is 3.13. The van der Waals surface area contributed by atoms with Gasteiger partial charge in [-0.05, 0) is 73.2 Å². The summed E-state index contributed by atoms with van der Waals surface area (Å²) in [6.07, 6.45) is 6.02. The van der Waals surface area contributed by atoms with Crippen LogP contribution in [0.1, 0.15) is 45.1 Å². The molecule has 1 aliphatic carbocycles. The van der Waals surface area contributed by atoms with Gasteiger partial charge in [0.05, 0.1) is 7.11 Å². The molecule has 2 nitrogen and oxygen atoms in total. The minimum absolute atomic E-state index is 0.254. The van der Waals surface area contributed by atoms with Crippen LogP contribution in [0.3, 0.4) is 0 Å². The van der Waals surface area contributed by atoms with E-state index in [9.17, 15) is 0 Å². The van der Waals surface area contributed by atoms with E-state index in [4.69, 9.17) is 10.5 Å². The van der Waals surface area contributed by atoms with Crippen LogP contribution >= 0.6 is 15.9 Å². The lowest BCUT2D eigenvalue weighted by Gasteiger charge is -2.43. The number of hydrogen-bond donors (Lipinski definition) is 1. The van der Waals surface area contributed by atoms with Crippen molar-refractivity contribution in [1.82, 2.24) is 0 Å². The maximum absolute atomic E-state index is 6.15. The van der Waals surface area contributed by atoms with Gasteiger partial charge in [-0.3, -0.25) is 0 Å². The maximum atomic E-state index is 6.15. The topological polar surface area (TPSA) is 35.2 Å². The van der Waals surface area contributed by atoms with Crippen LogP contribution in [0.2, 0.25) is 0 Å². The zero-order chi connectivity index (χ0) is 14.8. The molecule has 1 aromatic rings. The lowest BCUT2D eigenvalue weighted by molar-refractivity contribution is 0.108. The summed E-state index contributed by atoms with van der Waals surface area (Å²) in [7, 11) is 1.72. The second kappa shape index (κ2) is 6.07. The molecule has 0 saturated heterocycles. The second-order valence-electron chi connectivity index (χ2n) is 7.00. The molecule has 0 amide bonds. The zero-order valence-corrected chi connectivity index (χ0v) is 14.4. The van der Waals surface area contributed by atoms with Crippen LogP contribution in [-0.2, 0) is 6.42 Å². The summed E-state index contributed by atoms with van der Waals surface area (Å²) in [5.74, 6) is 0.923. The number of halogens is 1. The molecule has 0 atom stereocenters. The van der Waals surface area contributed by atoms with Gasteiger partial charge in [0.25, 0.3) is 0 Å². The predicted octanol–water partition coefficient (Wildman–Crippen LogP) is 4.55. The molecule has 112 valence electrons. The quantitative estimate of drug-likeness (QED) is 0.873. The Morgan fingerprint density at radius 1 is 1.20 bits per heavy atom. The molecule has 1 saturated carbocycles. The number of ether oxygens (including phenoxy) is 1. The Morgan fingerprint density at radius 2 is 1.85 bits per heavy atom. The molecule has 0 radical (unpaired) electrons. The van der Waals surface area contributed by atoms with Crippen LogP contribution in [-0.4, -0.2) is 13.7 Å². The average Bonchev–Trinajstić information content (AvgIpc) is 2.44. The molecule has 0 aromatic heterocycles. The van der Waals surface area contributed by atoms with Crippen molar-refractivity contribution in [2.45, 2.75) is 46.0 Å². The normalized spacial score (nSPS) is 20.6. The SMILES string of the molecule is COc1ccc(Br)c(CC2(CN)CCC(C)(C)CC2)c1. The highest BCUT2D eigenvalue weighted by Crippen LogP contribution is 2.47. The largest absolute Gasteiger partial charge is 0.497 e. The molecule has 1 aromatic carbocycles. The maximum Gasteiger partial charge on any atom is 0.119 e. The lowest BCUT2D eigenvalue weighted by atomic mass is 9.63. The fourth-order valence-corrected chi connectivity index (χ4v) is 3.51. The summed E-state index contributed by atoms with van der Waals surface area (Å²) >= 11 is 3.67. The van der Waals surface area contributed by atoms with Gasteiger partial charge in [0, 0.05) is 4.47 Å². The summed E-state index contributed by atoms with van der Waals surface area (Å²) in [5.41, 5.74) is 8.19. The molecule has 0 heterocycles. The highest BCUT2D eigenvalue weighted by molar-refractivity contribution is 9.10. The molecule has 1 fully saturated rings. The molecule has 0 bridgehead atoms. The Labute approximate surface area is 131 Å². The van der Waals surface area contributed by atoms with Crippen LogP contribution < -0.4 is 10.5 Å². The van der Waals surface area contributed by atoms with Crippen molar-refractivity contribution in [2.24, 2.45) is 16.6 Å². The second-order valence-corrected chi connectivity index (χ2v) is 7.86. The first-order valence-corrected chi connectivity index (χ1v) is 8.22. The van der Waals surface area contributed by atoms with Crippen molar-refractivity contribution < 1.29 is 4.74 Å². The first kappa shape index (κ1) is 15.8. The van der Waals surface area contributed by atoms with E-state index in [2.05, 4.69) is 41.9 Å². The van der Waals surface area contributed by atoms with Gasteiger partial charge in [-0.15, -0.1) is 0 Å². The van der Waals surface area contributed by atoms with E-state index in [-0.39, 0.29) is 5.41 Å². The minimum Gasteiger partial charge on any atom is -0.497 e. The molecular formula is C17H26BrNO. The highest BCUT2D eigenvalue weighted by atomic mass is 79.9. The van der Waals surface area contributed by atoms with Crippen LogP contribution in [0.25, 0.3) is 0 Å². The van der Waals surface area contributed by atoms with E-state index >= 15 is 0 Å². The van der Waals surface area contributed by atoms with E-state index in [1.807, 2.05) is 6.07 Å². The van der Waals surface area contributed by atoms with Crippen LogP contribution in [0.5, 0.6) is 5.75 Å². The monoisotopic (exact) mass is 339 g/mol. The summed E-state index contributed by atoms with van der Waals surface area (Å²) in [6.45, 7) is 5.51. The fraction of sp³-hybridized carbons (Fsp3) is 0.647. The van der Waals surface area contributed by atoms with Gasteiger partial charge in [0.2, 0.25) is 0 Å². The first-order valence-electron chi connectivity index (χ1n) is 7.42. The number of rotatable bonds is 4. The molecule has 20 heavy (non-hydrogen) atoms. The van der Waals surface area contributed by atoms with Crippen LogP contribution in [0.15, 0.2) is 22.7 Å². The van der Waals surface area contributed by atoms with Gasteiger partial charge in [-0.1, -0.05) is 29.8 Å². The third-order valence-corrected chi connectivity index (χ3v) is 5.69. The molecule has 2 N–H and O–H groups in total. The van der Waals surface area contributed by atoms with Crippen molar-refractivity contribution in [2.75, 3.05) is 13.7 Å². The molecule has 0 unspecified atom stereocenters. The van der Waals surface area contributed by atoms with Crippen molar-refractivity contribution in [1.29, 1.82) is 0 Å². The Morgan fingerprint density at radius 3 is 2.40 bits per heavy atom. The van der Waals surface area contributed by atoms with E-state index < -0.39 is 0 Å². The number of hydrogen-bond acceptors (Lipinski definition) is 2. The average molecular weight is 340 g/mol. The summed E-state index contributed by atoms with van der Waals surface area (Å²) in [6, 6.07) is 6.21. The van der Waals surface area contributed by atoms with E-state index in [0.717, 1.165) is 23.2 Å². The zero-order valence-electron chi connectivity index (χ0n) is 12.8. The highest BCUT2D eigenvalue weighted by Gasteiger charge is 2.37. The molecular weight excluding hydrogens is 314 g/mol. The first-order chi connectivity index (χ1) is 9.40. The van der Waals surface area contributed by atoms with Gasteiger partial charge in [-0.2, -0.15) is 0 Å². The lowest BCUT2D eigenvalue weighted by Crippen LogP contribution is -2.39. The Kier molecular flexibility index (Phi) is 4.80. The molecule has 0 spiro atoms. The Bertz CT molecular complexity index is 460. The van der Waals surface area contributed by atoms with Gasteiger partial charge < -0.3 is 10.5 Å². The molecule has 1 aliphatic rings. The van der Waals surface area contributed by atoms with Gasteiger partial charge in [0.15, 0.2) is 0 Å². The summed E-state index contributed by atoms with van der Waals surface area (Å²) in [5, 5.41) is 0. The van der Waals surface area contributed by atoms with Gasteiger partial charge in [-0.25, -0.2) is 0 Å². The molecule has 2 rings (SSSR count). The van der Waals surface area contributed by atoms with E-state index in [0.29, 0.717) is 5.41 Å². The Balaban J connectivity index is 2.18. The van der Waals surface area contributed by atoms with Gasteiger partial charge in [0.1, 0.15) is 5.75 Å². The third-order valence-electron chi connectivity index (χ3n) is 4.92. The van der Waals surface area contributed by atoms with Crippen LogP contribution in [0.4, 0.5) is 0 Å². The van der Waals surface area contributed by atoms with Crippen LogP contribution in [0, 0.1) is 10.8 Å². The van der Waals surface area contributed by atoms with E-state index in [1.54, 1.807) is 7.11 Å². The van der Waals surface area contributed by atoms with Gasteiger partial charge >= 0.3 is 0 Å². The van der Waals surface area contributed by atoms with Crippen molar-refractivity contribution in [3.8, 4) is 5.75 Å². The number of benzene rings is 1. The third kappa shape index (κ3) is 3.56. The molecule has 3 heteroatoms. The minimum atomic E-state index is 0.254. The van der Waals surface area contributed by atoms with Crippen molar-refractivity contribution >= 4 is 15.9 Å². The van der Waals surface area contributed by atoms with E-state index in [1.165, 1.54) is 31.2 Å². The standard InChI is InChI=1S/C17H26BrNO/c1-16(2)6-8-17(12-19,9-7-16)11-13-10-14(20-3)4-5-15(13)18/h4-5,10H,6-9,11-12,19H2,1-3H3.